The van der Waals surface area contributed by atoms with Gasteiger partial charge in [-0.15, -0.1) is 0 Å². The van der Waals surface area contributed by atoms with Gasteiger partial charge in [0.1, 0.15) is 15.9 Å². The summed E-state index contributed by atoms with van der Waals surface area (Å²) in [6.07, 6.45) is -0.0158. The zero-order valence-electron chi connectivity index (χ0n) is 11.0. The average molecular weight is 301 g/mol. The summed E-state index contributed by atoms with van der Waals surface area (Å²) in [5.74, 6) is -2.30. The minimum Gasteiger partial charge on any atom is -0.495 e. The molecular weight excluding hydrogens is 286 g/mol. The second-order valence-electron chi connectivity index (χ2n) is 4.02. The molecule has 0 fully saturated rings. The Morgan fingerprint density at radius 3 is 2.40 bits per heavy atom. The van der Waals surface area contributed by atoms with Crippen LogP contribution < -0.4 is 10.5 Å². The van der Waals surface area contributed by atoms with Crippen LogP contribution in [0.5, 0.6) is 5.75 Å². The number of carboxylic acids is 1. The van der Waals surface area contributed by atoms with Crippen molar-refractivity contribution < 1.29 is 27.9 Å². The van der Waals surface area contributed by atoms with Gasteiger partial charge in [0.2, 0.25) is 5.91 Å². The van der Waals surface area contributed by atoms with Crippen molar-refractivity contribution in [3.8, 4) is 5.75 Å². The number of ether oxygens (including phenoxy) is 1. The van der Waals surface area contributed by atoms with Crippen LogP contribution in [0, 0.1) is 0 Å². The standard InChI is InChI=1S/C12H15NO6S/c1-3-9(11(13)14)20(17,18)10-6-7(12(15)16)4-5-8(10)19-2/h4-6,9H,3H2,1-2H3,(H2,13,14)(H,15,16). The van der Waals surface area contributed by atoms with Crippen molar-refractivity contribution in [2.24, 2.45) is 5.73 Å². The molecule has 110 valence electrons. The summed E-state index contributed by atoms with van der Waals surface area (Å²) in [5.41, 5.74) is 4.87. The fourth-order valence-corrected chi connectivity index (χ4v) is 3.53. The van der Waals surface area contributed by atoms with E-state index in [0.717, 1.165) is 6.07 Å². The van der Waals surface area contributed by atoms with Crippen LogP contribution in [0.4, 0.5) is 0 Å². The largest absolute Gasteiger partial charge is 0.495 e. The first-order valence-corrected chi connectivity index (χ1v) is 7.24. The van der Waals surface area contributed by atoms with Crippen LogP contribution in [-0.2, 0) is 14.6 Å². The third kappa shape index (κ3) is 2.90. The molecule has 0 aliphatic heterocycles. The zero-order valence-corrected chi connectivity index (χ0v) is 11.8. The minimum atomic E-state index is -4.11. The van der Waals surface area contributed by atoms with E-state index >= 15 is 0 Å². The monoisotopic (exact) mass is 301 g/mol. The predicted molar refractivity (Wildman–Crippen MR) is 70.4 cm³/mol. The molecule has 1 atom stereocenters. The Balaban J connectivity index is 3.53. The maximum Gasteiger partial charge on any atom is 0.335 e. The fraction of sp³-hybridized carbons (Fsp3) is 0.333. The molecule has 0 bridgehead atoms. The Bertz CT molecular complexity index is 637. The Labute approximate surface area is 116 Å². The predicted octanol–water partition coefficient (Wildman–Crippen LogP) is 0.431. The lowest BCUT2D eigenvalue weighted by Gasteiger charge is -2.15. The Morgan fingerprint density at radius 1 is 1.40 bits per heavy atom. The number of amides is 1. The highest BCUT2D eigenvalue weighted by molar-refractivity contribution is 7.93. The van der Waals surface area contributed by atoms with E-state index in [1.54, 1.807) is 0 Å². The molecule has 3 N–H and O–H groups in total. The number of carbonyl (C=O) groups is 2. The Kier molecular flexibility index (Phi) is 4.72. The third-order valence-corrected chi connectivity index (χ3v) is 5.03. The SMILES string of the molecule is CCC(C(N)=O)S(=O)(=O)c1cc(C(=O)O)ccc1OC. The molecule has 8 heteroatoms. The molecule has 0 heterocycles. The van der Waals surface area contributed by atoms with Crippen molar-refractivity contribution in [1.29, 1.82) is 0 Å². The number of sulfone groups is 1. The molecule has 1 rings (SSSR count). The van der Waals surface area contributed by atoms with Gasteiger partial charge < -0.3 is 15.6 Å². The minimum absolute atomic E-state index is 0.0158. The van der Waals surface area contributed by atoms with Crippen molar-refractivity contribution >= 4 is 21.7 Å². The van der Waals surface area contributed by atoms with Crippen molar-refractivity contribution in [1.82, 2.24) is 0 Å². The molecule has 0 radical (unpaired) electrons. The molecule has 0 saturated heterocycles. The summed E-state index contributed by atoms with van der Waals surface area (Å²) in [4.78, 5) is 21.8. The van der Waals surface area contributed by atoms with E-state index in [4.69, 9.17) is 15.6 Å². The van der Waals surface area contributed by atoms with E-state index < -0.39 is 27.0 Å². The topological polar surface area (TPSA) is 124 Å². The van der Waals surface area contributed by atoms with Gasteiger partial charge in [-0.3, -0.25) is 4.79 Å². The highest BCUT2D eigenvalue weighted by atomic mass is 32.2. The number of rotatable bonds is 6. The summed E-state index contributed by atoms with van der Waals surface area (Å²) in [7, 11) is -2.86. The summed E-state index contributed by atoms with van der Waals surface area (Å²) in [6, 6.07) is 3.40. The van der Waals surface area contributed by atoms with Gasteiger partial charge in [0, 0.05) is 0 Å². The second-order valence-corrected chi connectivity index (χ2v) is 6.11. The van der Waals surface area contributed by atoms with Gasteiger partial charge >= 0.3 is 5.97 Å². The molecule has 0 aromatic heterocycles. The first-order chi connectivity index (χ1) is 9.25. The average Bonchev–Trinajstić information content (AvgIpc) is 2.37. The van der Waals surface area contributed by atoms with Crippen LogP contribution in [0.25, 0.3) is 0 Å². The van der Waals surface area contributed by atoms with Crippen LogP contribution in [0.2, 0.25) is 0 Å². The summed E-state index contributed by atoms with van der Waals surface area (Å²) in [6.45, 7) is 1.50. The Hall–Kier alpha value is -2.09. The van der Waals surface area contributed by atoms with Crippen molar-refractivity contribution in [2.75, 3.05) is 7.11 Å². The number of carboxylic acid groups (broad SMARTS) is 1. The number of primary amides is 1. The molecule has 20 heavy (non-hydrogen) atoms. The van der Waals surface area contributed by atoms with Crippen molar-refractivity contribution in [2.45, 2.75) is 23.5 Å². The van der Waals surface area contributed by atoms with Crippen LogP contribution in [-0.4, -0.2) is 37.8 Å². The van der Waals surface area contributed by atoms with Crippen LogP contribution >= 0.6 is 0 Å². The maximum absolute atomic E-state index is 12.4. The molecule has 0 saturated carbocycles. The second kappa shape index (κ2) is 5.91. The van der Waals surface area contributed by atoms with Gasteiger partial charge in [0.15, 0.2) is 9.84 Å². The van der Waals surface area contributed by atoms with Gasteiger partial charge in [-0.25, -0.2) is 13.2 Å². The van der Waals surface area contributed by atoms with E-state index in [1.807, 2.05) is 0 Å². The molecule has 0 spiro atoms. The fourth-order valence-electron chi connectivity index (χ4n) is 1.76. The highest BCUT2D eigenvalue weighted by Gasteiger charge is 2.33. The lowest BCUT2D eigenvalue weighted by Crippen LogP contribution is -2.35. The molecule has 7 nitrogen and oxygen atoms in total. The third-order valence-electron chi connectivity index (χ3n) is 2.78. The molecule has 0 aliphatic carbocycles. The summed E-state index contributed by atoms with van der Waals surface area (Å²) < 4.78 is 29.7. The van der Waals surface area contributed by atoms with Gasteiger partial charge in [-0.1, -0.05) is 6.92 Å². The van der Waals surface area contributed by atoms with E-state index in [0.29, 0.717) is 0 Å². The number of methoxy groups -OCH3 is 1. The van der Waals surface area contributed by atoms with Crippen LogP contribution in [0.1, 0.15) is 23.7 Å². The lowest BCUT2D eigenvalue weighted by atomic mass is 10.2. The molecule has 1 unspecified atom stereocenters. The van der Waals surface area contributed by atoms with Gasteiger partial charge in [0.25, 0.3) is 0 Å². The molecule has 0 aliphatic rings. The zero-order chi connectivity index (χ0) is 15.5. The highest BCUT2D eigenvalue weighted by Crippen LogP contribution is 2.29. The van der Waals surface area contributed by atoms with E-state index in [9.17, 15) is 18.0 Å². The normalized spacial score (nSPS) is 12.7. The van der Waals surface area contributed by atoms with E-state index in [1.165, 1.54) is 26.2 Å². The van der Waals surface area contributed by atoms with Crippen molar-refractivity contribution in [3.63, 3.8) is 0 Å². The quantitative estimate of drug-likeness (QED) is 0.785. The first kappa shape index (κ1) is 16.0. The maximum atomic E-state index is 12.4. The number of hydrogen-bond donors (Lipinski definition) is 2. The first-order valence-electron chi connectivity index (χ1n) is 5.70. The number of hydrogen-bond acceptors (Lipinski definition) is 5. The van der Waals surface area contributed by atoms with Gasteiger partial charge in [0.05, 0.1) is 12.7 Å². The number of benzene rings is 1. The smallest absolute Gasteiger partial charge is 0.335 e. The van der Waals surface area contributed by atoms with E-state index in [2.05, 4.69) is 0 Å². The van der Waals surface area contributed by atoms with Gasteiger partial charge in [-0.2, -0.15) is 0 Å². The van der Waals surface area contributed by atoms with Crippen LogP contribution in [0.3, 0.4) is 0 Å². The van der Waals surface area contributed by atoms with E-state index in [-0.39, 0.29) is 22.6 Å². The number of carbonyl (C=O) groups excluding carboxylic acids is 1. The molecule has 1 aromatic carbocycles. The number of nitrogens with two attached hydrogens (primary N) is 1. The molecule has 1 aromatic rings. The number of aromatic carboxylic acids is 1. The molecular formula is C12H15NO6S. The molecule has 1 amide bonds. The van der Waals surface area contributed by atoms with Gasteiger partial charge in [-0.05, 0) is 24.6 Å². The Morgan fingerprint density at radius 2 is 2.00 bits per heavy atom. The summed E-state index contributed by atoms with van der Waals surface area (Å²) in [5, 5.41) is 7.49. The lowest BCUT2D eigenvalue weighted by molar-refractivity contribution is -0.117. The van der Waals surface area contributed by atoms with Crippen molar-refractivity contribution in [3.05, 3.63) is 23.8 Å². The summed E-state index contributed by atoms with van der Waals surface area (Å²) >= 11 is 0. The van der Waals surface area contributed by atoms with Crippen LogP contribution in [0.15, 0.2) is 23.1 Å².